The van der Waals surface area contributed by atoms with Gasteiger partial charge in [-0.1, -0.05) is 36.4 Å². The highest BCUT2D eigenvalue weighted by Gasteiger charge is 2.26. The Bertz CT molecular complexity index is 1720. The number of carbonyl (C=O) groups excluding carboxylic acids is 6. The van der Waals surface area contributed by atoms with Gasteiger partial charge in [0.05, 0.1) is 76.1 Å². The van der Waals surface area contributed by atoms with E-state index >= 15 is 0 Å². The summed E-state index contributed by atoms with van der Waals surface area (Å²) in [5, 5.41) is 10.1. The lowest BCUT2D eigenvalue weighted by molar-refractivity contribution is -0.150. The molecule has 6 N–H and O–H groups in total. The van der Waals surface area contributed by atoms with E-state index in [0.29, 0.717) is 38.5 Å². The van der Waals surface area contributed by atoms with Gasteiger partial charge < -0.3 is 50.0 Å². The van der Waals surface area contributed by atoms with Gasteiger partial charge in [-0.05, 0) is 65.5 Å². The molecular weight excluding hydrogens is 934 g/mol. The first kappa shape index (κ1) is 61.7. The van der Waals surface area contributed by atoms with E-state index in [1.54, 1.807) is 13.8 Å². The monoisotopic (exact) mass is 1010 g/mol. The first-order chi connectivity index (χ1) is 32.3. The topological polar surface area (TPSA) is 299 Å². The van der Waals surface area contributed by atoms with Gasteiger partial charge >= 0.3 is 27.6 Å². The molecule has 1 aromatic carbocycles. The lowest BCUT2D eigenvalue weighted by Gasteiger charge is -2.20. The summed E-state index contributed by atoms with van der Waals surface area (Å²) < 4.78 is 67.0. The van der Waals surface area contributed by atoms with Gasteiger partial charge in [0.1, 0.15) is 12.2 Å². The van der Waals surface area contributed by atoms with E-state index in [1.807, 2.05) is 38.2 Å². The molecule has 68 heavy (non-hydrogen) atoms. The number of rotatable bonds is 38. The van der Waals surface area contributed by atoms with Crippen LogP contribution in [-0.2, 0) is 65.4 Å². The summed E-state index contributed by atoms with van der Waals surface area (Å²) in [6.45, 7) is 7.52. The summed E-state index contributed by atoms with van der Waals surface area (Å²) in [4.78, 5) is 93.8. The van der Waals surface area contributed by atoms with E-state index in [-0.39, 0.29) is 62.6 Å². The number of nitrogens with one attached hydrogen (secondary N) is 4. The third-order valence-electron chi connectivity index (χ3n) is 9.01. The van der Waals surface area contributed by atoms with E-state index < -0.39 is 90.0 Å². The first-order valence-corrected chi connectivity index (χ1v) is 25.5. The molecule has 0 fully saturated rings. The van der Waals surface area contributed by atoms with Gasteiger partial charge in [-0.25, -0.2) is 9.13 Å². The molecule has 22 nitrogen and oxygen atoms in total. The molecule has 2 unspecified atom stereocenters. The summed E-state index contributed by atoms with van der Waals surface area (Å²) >= 11 is 0. The van der Waals surface area contributed by atoms with Crippen molar-refractivity contribution < 1.29 is 84.7 Å². The number of unbranched alkanes of at least 4 members (excludes halogenated alkanes) is 2. The zero-order chi connectivity index (χ0) is 50.8. The Balaban J connectivity index is 2.50. The minimum atomic E-state index is -4.67. The molecule has 0 aliphatic carbocycles. The van der Waals surface area contributed by atoms with E-state index in [1.165, 1.54) is 38.1 Å². The van der Waals surface area contributed by atoms with E-state index in [0.717, 1.165) is 12.8 Å². The maximum atomic E-state index is 13.0. The Hall–Kier alpha value is -4.34. The normalized spacial score (nSPS) is 15.1. The molecule has 0 radical (unpaired) electrons. The SMILES string of the molecule is C/C=C\CCCC(=O)O[C@H](C)CCOC[C@H](COP(=O)(O)OCCNC(=O)c1ccccc1C(=O)NCCOP(=O)(O)OC[C@@H](COCC[C@@H](C)OC(=O)CCC/C=C\C)NC(C)=O)NC(C)=O. The second kappa shape index (κ2) is 35.7. The van der Waals surface area contributed by atoms with Crippen LogP contribution in [0.15, 0.2) is 48.6 Å². The maximum Gasteiger partial charge on any atom is 0.472 e. The van der Waals surface area contributed by atoms with Gasteiger partial charge in [0.25, 0.3) is 11.8 Å². The average Bonchev–Trinajstić information content (AvgIpc) is 3.27. The highest BCUT2D eigenvalue weighted by atomic mass is 31.2. The van der Waals surface area contributed by atoms with Crippen LogP contribution in [0.25, 0.3) is 0 Å². The van der Waals surface area contributed by atoms with Gasteiger partial charge in [-0.2, -0.15) is 0 Å². The Morgan fingerprint density at radius 1 is 0.603 bits per heavy atom. The second-order valence-electron chi connectivity index (χ2n) is 15.3. The molecule has 0 spiro atoms. The highest BCUT2D eigenvalue weighted by Crippen LogP contribution is 2.43. The van der Waals surface area contributed by atoms with Crippen molar-refractivity contribution in [3.05, 3.63) is 59.7 Å². The fourth-order valence-corrected chi connectivity index (χ4v) is 7.23. The minimum absolute atomic E-state index is 0.0614. The first-order valence-electron chi connectivity index (χ1n) is 22.5. The molecule has 24 heteroatoms. The summed E-state index contributed by atoms with van der Waals surface area (Å²) in [6.07, 6.45) is 11.2. The number of hydrogen-bond donors (Lipinski definition) is 6. The third-order valence-corrected chi connectivity index (χ3v) is 11.0. The fourth-order valence-electron chi connectivity index (χ4n) is 5.70. The van der Waals surface area contributed by atoms with Gasteiger partial charge in [-0.15, -0.1) is 0 Å². The van der Waals surface area contributed by atoms with Gasteiger partial charge in [0.2, 0.25) is 11.8 Å². The van der Waals surface area contributed by atoms with Crippen LogP contribution in [0.5, 0.6) is 0 Å². The van der Waals surface area contributed by atoms with Crippen LogP contribution in [-0.4, -0.2) is 136 Å². The van der Waals surface area contributed by atoms with Gasteiger partial charge in [-0.3, -0.25) is 46.9 Å². The van der Waals surface area contributed by atoms with Crippen molar-refractivity contribution in [3.8, 4) is 0 Å². The Morgan fingerprint density at radius 2 is 0.985 bits per heavy atom. The number of ether oxygens (including phenoxy) is 4. The summed E-state index contributed by atoms with van der Waals surface area (Å²) in [5.74, 6) is -2.96. The molecule has 6 atom stereocenters. The van der Waals surface area contributed by atoms with Crippen LogP contribution in [0.2, 0.25) is 0 Å². The number of carbonyl (C=O) groups is 6. The lowest BCUT2D eigenvalue weighted by Crippen LogP contribution is -2.40. The average molecular weight is 1010 g/mol. The quantitative estimate of drug-likeness (QED) is 0.0228. The van der Waals surface area contributed by atoms with Crippen LogP contribution in [0.4, 0.5) is 0 Å². The number of allylic oxidation sites excluding steroid dienone is 4. The van der Waals surface area contributed by atoms with Crippen molar-refractivity contribution in [3.63, 3.8) is 0 Å². The number of amides is 4. The van der Waals surface area contributed by atoms with Crippen LogP contribution in [0.1, 0.15) is 114 Å². The van der Waals surface area contributed by atoms with E-state index in [9.17, 15) is 47.7 Å². The third kappa shape index (κ3) is 31.7. The zero-order valence-electron chi connectivity index (χ0n) is 40.0. The van der Waals surface area contributed by atoms with Gasteiger partial charge in [0.15, 0.2) is 0 Å². The standard InChI is InChI=1S/C44H72N4O18P2/c1-7-9-11-13-19-41(51)65-33(3)21-25-59-29-37(47-35(5)49)31-63-67(55,56)61-27-23-45-43(53)39-17-15-16-18-40(39)44(54)46-24-28-62-68(57,58)64-32-38(48-36(6)50)30-60-26-22-34(4)66-42(52)20-14-12-10-8-2/h7-10,15-18,33-34,37-38H,11-14,19-32H2,1-6H3,(H,45,53)(H,46,54)(H,47,49)(H,48,50)(H,55,56)(H,57,58)/b9-7-,10-8-/t33-,34-,37-,38-/m1/s1. The summed E-state index contributed by atoms with van der Waals surface area (Å²) in [5.41, 5.74) is -0.123. The predicted octanol–water partition coefficient (Wildman–Crippen LogP) is 4.59. The van der Waals surface area contributed by atoms with E-state index in [2.05, 4.69) is 21.3 Å². The highest BCUT2D eigenvalue weighted by molar-refractivity contribution is 7.47. The molecule has 0 saturated heterocycles. The smallest absolute Gasteiger partial charge is 0.463 e. The van der Waals surface area contributed by atoms with E-state index in [4.69, 9.17) is 37.0 Å². The molecule has 0 aromatic heterocycles. The number of hydrogen-bond acceptors (Lipinski definition) is 16. The molecule has 0 saturated carbocycles. The molecule has 0 heterocycles. The molecule has 0 aliphatic heterocycles. The lowest BCUT2D eigenvalue weighted by atomic mass is 10.1. The van der Waals surface area contributed by atoms with Crippen molar-refractivity contribution in [2.24, 2.45) is 0 Å². The molecular formula is C44H72N4O18P2. The Kier molecular flexibility index (Phi) is 32.4. The Labute approximate surface area is 399 Å². The Morgan fingerprint density at radius 3 is 1.34 bits per heavy atom. The number of phosphoric acid groups is 2. The minimum Gasteiger partial charge on any atom is -0.463 e. The molecule has 0 aliphatic rings. The maximum absolute atomic E-state index is 13.0. The molecule has 1 aromatic rings. The molecule has 4 amide bonds. The number of esters is 2. The van der Waals surface area contributed by atoms with Crippen molar-refractivity contribution in [2.45, 2.75) is 117 Å². The second-order valence-corrected chi connectivity index (χ2v) is 18.2. The van der Waals surface area contributed by atoms with Crippen molar-refractivity contribution >= 4 is 51.2 Å². The van der Waals surface area contributed by atoms with Crippen molar-refractivity contribution in [2.75, 3.05) is 65.9 Å². The largest absolute Gasteiger partial charge is 0.472 e. The number of benzene rings is 1. The molecule has 1 rings (SSSR count). The summed E-state index contributed by atoms with van der Waals surface area (Å²) in [6, 6.07) is 4.08. The van der Waals surface area contributed by atoms with Crippen molar-refractivity contribution in [1.29, 1.82) is 0 Å². The molecule has 386 valence electrons. The van der Waals surface area contributed by atoms with Crippen LogP contribution in [0, 0.1) is 0 Å². The fraction of sp³-hybridized carbons (Fsp3) is 0.636. The predicted molar refractivity (Wildman–Crippen MR) is 249 cm³/mol. The van der Waals surface area contributed by atoms with Crippen LogP contribution in [0.3, 0.4) is 0 Å². The number of phosphoric ester groups is 2. The zero-order valence-corrected chi connectivity index (χ0v) is 41.8. The van der Waals surface area contributed by atoms with Crippen molar-refractivity contribution in [1.82, 2.24) is 21.3 Å². The summed E-state index contributed by atoms with van der Waals surface area (Å²) in [7, 11) is -9.34. The van der Waals surface area contributed by atoms with Gasteiger partial charge in [0, 0.05) is 52.6 Å². The molecule has 0 bridgehead atoms. The van der Waals surface area contributed by atoms with Crippen LogP contribution >= 0.6 is 15.6 Å². The van der Waals surface area contributed by atoms with Crippen LogP contribution < -0.4 is 21.3 Å².